The molecule has 0 fully saturated rings. The van der Waals surface area contributed by atoms with Gasteiger partial charge in [-0.3, -0.25) is 4.79 Å². The molecule has 0 saturated carbocycles. The van der Waals surface area contributed by atoms with E-state index in [4.69, 9.17) is 11.6 Å². The molecule has 0 aliphatic carbocycles. The minimum Gasteiger partial charge on any atom is -0.380 e. The minimum atomic E-state index is -4.17. The maximum absolute atomic E-state index is 12.6. The van der Waals surface area contributed by atoms with E-state index in [1.807, 2.05) is 4.72 Å². The number of hydrogen-bond acceptors (Lipinski definition) is 4. The molecule has 5 nitrogen and oxygen atoms in total. The topological polar surface area (TPSA) is 83.5 Å². The standard InChI is InChI=1S/C21H18ClNO4S/c22-18-13-7-8-14-19(18)28(26,27)23-20(24)15-21(25,16-9-3-1-4-10-16)17-11-5-2-6-12-17/h1-14,25H,15H2,(H,23,24). The van der Waals surface area contributed by atoms with Crippen LogP contribution in [-0.2, 0) is 20.4 Å². The molecule has 0 aliphatic rings. The van der Waals surface area contributed by atoms with E-state index >= 15 is 0 Å². The van der Waals surface area contributed by atoms with Crippen LogP contribution >= 0.6 is 11.6 Å². The van der Waals surface area contributed by atoms with Crippen LogP contribution in [0.5, 0.6) is 0 Å². The Bertz CT molecular complexity index is 1030. The number of sulfonamides is 1. The summed E-state index contributed by atoms with van der Waals surface area (Å²) >= 11 is 5.94. The third-order valence-electron chi connectivity index (χ3n) is 4.29. The van der Waals surface area contributed by atoms with E-state index < -0.39 is 28.0 Å². The Kier molecular flexibility index (Phi) is 5.84. The Morgan fingerprint density at radius 1 is 0.857 bits per heavy atom. The van der Waals surface area contributed by atoms with Gasteiger partial charge in [-0.2, -0.15) is 0 Å². The summed E-state index contributed by atoms with van der Waals surface area (Å²) in [6.07, 6.45) is -0.481. The van der Waals surface area contributed by atoms with E-state index in [0.29, 0.717) is 11.1 Å². The van der Waals surface area contributed by atoms with Crippen molar-refractivity contribution in [2.45, 2.75) is 16.9 Å². The first-order chi connectivity index (χ1) is 13.3. The summed E-state index contributed by atoms with van der Waals surface area (Å²) in [6, 6.07) is 23.1. The Hall–Kier alpha value is -2.67. The molecule has 0 heterocycles. The summed E-state index contributed by atoms with van der Waals surface area (Å²) in [7, 11) is -4.17. The molecule has 0 radical (unpaired) electrons. The van der Waals surface area contributed by atoms with Crippen molar-refractivity contribution in [3.63, 3.8) is 0 Å². The molecule has 0 aliphatic heterocycles. The lowest BCUT2D eigenvalue weighted by atomic mass is 9.83. The lowest BCUT2D eigenvalue weighted by Gasteiger charge is -2.28. The number of benzene rings is 3. The summed E-state index contributed by atoms with van der Waals surface area (Å²) in [4.78, 5) is 12.4. The van der Waals surface area contributed by atoms with Crippen molar-refractivity contribution < 1.29 is 18.3 Å². The molecular formula is C21H18ClNO4S. The molecule has 0 bridgehead atoms. The summed E-state index contributed by atoms with van der Waals surface area (Å²) in [5, 5.41) is 11.4. The van der Waals surface area contributed by atoms with Gasteiger partial charge in [0.2, 0.25) is 5.91 Å². The molecule has 28 heavy (non-hydrogen) atoms. The third-order valence-corrected chi connectivity index (χ3v) is 6.17. The van der Waals surface area contributed by atoms with Crippen molar-refractivity contribution in [3.05, 3.63) is 101 Å². The van der Waals surface area contributed by atoms with Crippen LogP contribution < -0.4 is 4.72 Å². The zero-order chi connectivity index (χ0) is 20.2. The summed E-state index contributed by atoms with van der Waals surface area (Å²) in [5.74, 6) is -0.852. The Morgan fingerprint density at radius 2 is 1.32 bits per heavy atom. The van der Waals surface area contributed by atoms with Gasteiger partial charge in [0.1, 0.15) is 10.5 Å². The van der Waals surface area contributed by atoms with E-state index in [9.17, 15) is 18.3 Å². The lowest BCUT2D eigenvalue weighted by Crippen LogP contribution is -2.38. The molecule has 3 rings (SSSR count). The summed E-state index contributed by atoms with van der Waals surface area (Å²) < 4.78 is 27.0. The Balaban J connectivity index is 1.92. The maximum atomic E-state index is 12.6. The summed E-state index contributed by atoms with van der Waals surface area (Å²) in [6.45, 7) is 0. The fourth-order valence-corrected chi connectivity index (χ4v) is 4.44. The Morgan fingerprint density at radius 3 is 1.82 bits per heavy atom. The fraction of sp³-hybridized carbons (Fsp3) is 0.0952. The molecule has 1 amide bonds. The molecule has 0 unspecified atom stereocenters. The number of halogens is 1. The van der Waals surface area contributed by atoms with Gasteiger partial charge in [-0.1, -0.05) is 84.4 Å². The molecule has 0 aromatic heterocycles. The van der Waals surface area contributed by atoms with Crippen molar-refractivity contribution in [2.24, 2.45) is 0 Å². The van der Waals surface area contributed by atoms with Crippen molar-refractivity contribution >= 4 is 27.5 Å². The molecule has 0 atom stereocenters. The largest absolute Gasteiger partial charge is 0.380 e. The lowest BCUT2D eigenvalue weighted by molar-refractivity contribution is -0.123. The zero-order valence-corrected chi connectivity index (χ0v) is 16.3. The highest BCUT2D eigenvalue weighted by Crippen LogP contribution is 2.33. The number of nitrogens with one attached hydrogen (secondary N) is 1. The quantitative estimate of drug-likeness (QED) is 0.645. The predicted octanol–water partition coefficient (Wildman–Crippen LogP) is 3.47. The van der Waals surface area contributed by atoms with Gasteiger partial charge in [-0.25, -0.2) is 13.1 Å². The minimum absolute atomic E-state index is 0.00387. The van der Waals surface area contributed by atoms with Crippen LogP contribution in [0.15, 0.2) is 89.8 Å². The third kappa shape index (κ3) is 4.25. The maximum Gasteiger partial charge on any atom is 0.265 e. The second-order valence-electron chi connectivity index (χ2n) is 6.23. The first kappa shape index (κ1) is 20.1. The zero-order valence-electron chi connectivity index (χ0n) is 14.7. The number of carbonyl (C=O) groups excluding carboxylic acids is 1. The molecule has 2 N–H and O–H groups in total. The average Bonchev–Trinajstić information content (AvgIpc) is 2.69. The average molecular weight is 416 g/mol. The van der Waals surface area contributed by atoms with E-state index in [1.165, 1.54) is 18.2 Å². The van der Waals surface area contributed by atoms with E-state index in [-0.39, 0.29) is 9.92 Å². The number of amides is 1. The van der Waals surface area contributed by atoms with Gasteiger partial charge in [0, 0.05) is 0 Å². The highest BCUT2D eigenvalue weighted by Gasteiger charge is 2.35. The van der Waals surface area contributed by atoms with Gasteiger partial charge in [-0.15, -0.1) is 0 Å². The van der Waals surface area contributed by atoms with Crippen molar-refractivity contribution in [1.82, 2.24) is 4.72 Å². The smallest absolute Gasteiger partial charge is 0.265 e. The van der Waals surface area contributed by atoms with Crippen LogP contribution in [0.4, 0.5) is 0 Å². The second-order valence-corrected chi connectivity index (χ2v) is 8.29. The fourth-order valence-electron chi connectivity index (χ4n) is 2.93. The molecule has 0 saturated heterocycles. The van der Waals surface area contributed by atoms with Crippen LogP contribution in [0.2, 0.25) is 5.02 Å². The van der Waals surface area contributed by atoms with Gasteiger partial charge in [0.25, 0.3) is 10.0 Å². The number of carbonyl (C=O) groups is 1. The highest BCUT2D eigenvalue weighted by molar-refractivity contribution is 7.90. The molecule has 0 spiro atoms. The van der Waals surface area contributed by atoms with Gasteiger partial charge in [0.05, 0.1) is 11.4 Å². The van der Waals surface area contributed by atoms with Gasteiger partial charge >= 0.3 is 0 Å². The van der Waals surface area contributed by atoms with Crippen molar-refractivity contribution in [3.8, 4) is 0 Å². The predicted molar refractivity (Wildman–Crippen MR) is 107 cm³/mol. The molecule has 7 heteroatoms. The van der Waals surface area contributed by atoms with Crippen LogP contribution in [0.25, 0.3) is 0 Å². The number of hydrogen-bond donors (Lipinski definition) is 2. The molecule has 3 aromatic rings. The highest BCUT2D eigenvalue weighted by atomic mass is 35.5. The van der Waals surface area contributed by atoms with E-state index in [0.717, 1.165) is 0 Å². The van der Waals surface area contributed by atoms with Crippen LogP contribution in [0.1, 0.15) is 17.5 Å². The number of rotatable bonds is 6. The van der Waals surface area contributed by atoms with Crippen molar-refractivity contribution in [2.75, 3.05) is 0 Å². The van der Waals surface area contributed by atoms with Gasteiger partial charge < -0.3 is 5.11 Å². The molecule has 3 aromatic carbocycles. The molecular weight excluding hydrogens is 398 g/mol. The van der Waals surface area contributed by atoms with Gasteiger partial charge in [-0.05, 0) is 23.3 Å². The second kappa shape index (κ2) is 8.14. The van der Waals surface area contributed by atoms with E-state index in [1.54, 1.807) is 66.7 Å². The van der Waals surface area contributed by atoms with Gasteiger partial charge in [0.15, 0.2) is 0 Å². The SMILES string of the molecule is O=C(CC(O)(c1ccccc1)c1ccccc1)NS(=O)(=O)c1ccccc1Cl. The Labute approximate surface area is 168 Å². The van der Waals surface area contributed by atoms with Crippen LogP contribution in [0.3, 0.4) is 0 Å². The first-order valence-corrected chi connectivity index (χ1v) is 10.3. The normalized spacial score (nSPS) is 11.8. The monoisotopic (exact) mass is 415 g/mol. The van der Waals surface area contributed by atoms with Crippen molar-refractivity contribution in [1.29, 1.82) is 0 Å². The first-order valence-electron chi connectivity index (χ1n) is 8.46. The van der Waals surface area contributed by atoms with Crippen LogP contribution in [-0.4, -0.2) is 19.4 Å². The van der Waals surface area contributed by atoms with Crippen LogP contribution in [0, 0.1) is 0 Å². The summed E-state index contributed by atoms with van der Waals surface area (Å²) in [5.41, 5.74) is -0.735. The molecule has 144 valence electrons. The number of aliphatic hydroxyl groups is 1. The van der Waals surface area contributed by atoms with E-state index in [2.05, 4.69) is 0 Å².